The molecule has 0 atom stereocenters. The minimum absolute atomic E-state index is 0.000181. The minimum atomic E-state index is -3.14. The van der Waals surface area contributed by atoms with E-state index < -0.39 is 26.6 Å². The zero-order chi connectivity index (χ0) is 26.0. The number of carbonyl (C=O) groups excluding carboxylic acids is 1. The van der Waals surface area contributed by atoms with Crippen LogP contribution in [0.3, 0.4) is 0 Å². The van der Waals surface area contributed by atoms with Crippen molar-refractivity contribution >= 4 is 27.3 Å². The van der Waals surface area contributed by atoms with Crippen LogP contribution >= 0.6 is 11.6 Å². The number of aryl methyl sites for hydroxylation is 1. The molecule has 0 unspecified atom stereocenters. The van der Waals surface area contributed by atoms with Crippen molar-refractivity contribution < 1.29 is 23.1 Å². The van der Waals surface area contributed by atoms with Gasteiger partial charge in [-0.3, -0.25) is 9.48 Å². The fourth-order valence-electron chi connectivity index (χ4n) is 4.66. The average molecular weight is 526 g/mol. The van der Waals surface area contributed by atoms with Gasteiger partial charge in [0.1, 0.15) is 15.6 Å². The van der Waals surface area contributed by atoms with Gasteiger partial charge in [0.25, 0.3) is 5.91 Å². The number of hydrogen-bond donors (Lipinski definition) is 2. The van der Waals surface area contributed by atoms with Gasteiger partial charge in [-0.25, -0.2) is 8.42 Å². The van der Waals surface area contributed by atoms with Crippen LogP contribution in [-0.2, 0) is 22.8 Å². The second-order valence-corrected chi connectivity index (χ2v) is 12.6. The predicted molar refractivity (Wildman–Crippen MR) is 138 cm³/mol. The summed E-state index contributed by atoms with van der Waals surface area (Å²) in [6.45, 7) is 6.72. The molecule has 1 heterocycles. The van der Waals surface area contributed by atoms with Crippen molar-refractivity contribution in [1.82, 2.24) is 15.1 Å². The Labute approximate surface area is 212 Å². The van der Waals surface area contributed by atoms with Crippen molar-refractivity contribution in [3.63, 3.8) is 0 Å². The van der Waals surface area contributed by atoms with E-state index in [0.29, 0.717) is 49.6 Å². The molecule has 0 aliphatic heterocycles. The first-order valence-electron chi connectivity index (χ1n) is 12.0. The van der Waals surface area contributed by atoms with Crippen LogP contribution in [0.2, 0.25) is 5.02 Å². The van der Waals surface area contributed by atoms with E-state index in [-0.39, 0.29) is 17.3 Å². The van der Waals surface area contributed by atoms with Gasteiger partial charge >= 0.3 is 0 Å². The van der Waals surface area contributed by atoms with Crippen LogP contribution in [-0.4, -0.2) is 60.0 Å². The maximum atomic E-state index is 13.0. The van der Waals surface area contributed by atoms with Gasteiger partial charge in [0.05, 0.1) is 28.7 Å². The molecule has 0 saturated heterocycles. The second-order valence-electron chi connectivity index (χ2n) is 9.90. The van der Waals surface area contributed by atoms with Crippen molar-refractivity contribution in [2.24, 2.45) is 5.92 Å². The van der Waals surface area contributed by atoms with Gasteiger partial charge in [-0.15, -0.1) is 0 Å². The van der Waals surface area contributed by atoms with E-state index in [1.807, 2.05) is 25.1 Å². The number of carbonyl (C=O) groups is 1. The number of sulfone groups is 1. The van der Waals surface area contributed by atoms with E-state index >= 15 is 0 Å². The average Bonchev–Trinajstić information content (AvgIpc) is 3.13. The summed E-state index contributed by atoms with van der Waals surface area (Å²) in [6, 6.07) is 5.96. The van der Waals surface area contributed by atoms with Crippen molar-refractivity contribution in [1.29, 1.82) is 0 Å². The summed E-state index contributed by atoms with van der Waals surface area (Å²) in [5.41, 5.74) is 1.41. The lowest BCUT2D eigenvalue weighted by atomic mass is 9.84. The van der Waals surface area contributed by atoms with Gasteiger partial charge in [-0.2, -0.15) is 5.10 Å². The van der Waals surface area contributed by atoms with Crippen LogP contribution in [0.15, 0.2) is 18.2 Å². The topological polar surface area (TPSA) is 111 Å². The first-order chi connectivity index (χ1) is 16.4. The van der Waals surface area contributed by atoms with Crippen LogP contribution in [0.1, 0.15) is 62.5 Å². The Morgan fingerprint density at radius 3 is 2.54 bits per heavy atom. The Bertz CT molecular complexity index is 1170. The van der Waals surface area contributed by atoms with Gasteiger partial charge in [0, 0.05) is 24.9 Å². The summed E-state index contributed by atoms with van der Waals surface area (Å²) in [5, 5.41) is 17.8. The van der Waals surface area contributed by atoms with E-state index in [1.54, 1.807) is 11.8 Å². The van der Waals surface area contributed by atoms with Gasteiger partial charge in [0.2, 0.25) is 0 Å². The van der Waals surface area contributed by atoms with Gasteiger partial charge < -0.3 is 15.2 Å². The standard InChI is InChI=1S/C25H36ClN3O5S/c1-6-29-23(19-8-7-17(13-16(2)3)14-20(19)34-4)21(26)22(28-29)24(30)27-15-25(31)11-9-18(10-12-25)35(5,32)33/h7-8,14,16,18,31H,6,9-13,15H2,1-5H3,(H,27,30)/t18-,25+. The van der Waals surface area contributed by atoms with E-state index in [0.717, 1.165) is 17.5 Å². The fraction of sp³-hybridized carbons (Fsp3) is 0.600. The molecular formula is C25H36ClN3O5S. The van der Waals surface area contributed by atoms with Crippen molar-refractivity contribution in [2.45, 2.75) is 70.3 Å². The van der Waals surface area contributed by atoms with Gasteiger partial charge in [-0.1, -0.05) is 31.5 Å². The highest BCUT2D eigenvalue weighted by molar-refractivity contribution is 7.91. The fourth-order valence-corrected chi connectivity index (χ4v) is 6.08. The highest BCUT2D eigenvalue weighted by Crippen LogP contribution is 2.38. The monoisotopic (exact) mass is 525 g/mol. The lowest BCUT2D eigenvalue weighted by molar-refractivity contribution is 0.00606. The third kappa shape index (κ3) is 6.37. The number of aromatic nitrogens is 2. The van der Waals surface area contributed by atoms with Gasteiger partial charge in [0.15, 0.2) is 5.69 Å². The molecule has 0 bridgehead atoms. The van der Waals surface area contributed by atoms with E-state index in [2.05, 4.69) is 24.3 Å². The molecule has 0 radical (unpaired) electrons. The molecule has 1 fully saturated rings. The molecule has 35 heavy (non-hydrogen) atoms. The molecule has 10 heteroatoms. The molecular weight excluding hydrogens is 490 g/mol. The third-order valence-corrected chi connectivity index (χ3v) is 8.66. The number of nitrogens with zero attached hydrogens (tertiary/aromatic N) is 2. The molecule has 2 N–H and O–H groups in total. The molecule has 1 aliphatic rings. The van der Waals surface area contributed by atoms with E-state index in [1.165, 1.54) is 6.26 Å². The number of nitrogens with one attached hydrogen (secondary N) is 1. The van der Waals surface area contributed by atoms with E-state index in [4.69, 9.17) is 16.3 Å². The summed E-state index contributed by atoms with van der Waals surface area (Å²) in [4.78, 5) is 13.0. The lowest BCUT2D eigenvalue weighted by Gasteiger charge is -2.35. The smallest absolute Gasteiger partial charge is 0.273 e. The maximum absolute atomic E-state index is 13.0. The zero-order valence-electron chi connectivity index (χ0n) is 21.1. The number of ether oxygens (including phenoxy) is 1. The molecule has 3 rings (SSSR count). The summed E-state index contributed by atoms with van der Waals surface area (Å²) in [6.07, 6.45) is 3.47. The summed E-state index contributed by atoms with van der Waals surface area (Å²) >= 11 is 6.69. The minimum Gasteiger partial charge on any atom is -0.496 e. The summed E-state index contributed by atoms with van der Waals surface area (Å²) in [7, 11) is -1.54. The molecule has 8 nitrogen and oxygen atoms in total. The predicted octanol–water partition coefficient (Wildman–Crippen LogP) is 3.88. The van der Waals surface area contributed by atoms with Crippen molar-refractivity contribution in [3.8, 4) is 17.0 Å². The SMILES string of the molecule is CCn1nc(C(=O)NC[C@]2(O)CC[C@@H](S(C)(=O)=O)CC2)c(Cl)c1-c1ccc(CC(C)C)cc1OC. The molecule has 194 valence electrons. The zero-order valence-corrected chi connectivity index (χ0v) is 22.7. The Hall–Kier alpha value is -2.10. The molecule has 1 aromatic heterocycles. The Kier molecular flexibility index (Phi) is 8.55. The first-order valence-corrected chi connectivity index (χ1v) is 14.3. The number of hydrogen-bond acceptors (Lipinski definition) is 6. The Morgan fingerprint density at radius 2 is 2.00 bits per heavy atom. The Morgan fingerprint density at radius 1 is 1.34 bits per heavy atom. The molecule has 1 saturated carbocycles. The quantitative estimate of drug-likeness (QED) is 0.514. The normalized spacial score (nSPS) is 20.7. The van der Waals surface area contributed by atoms with Crippen LogP contribution in [0, 0.1) is 5.92 Å². The van der Waals surface area contributed by atoms with Crippen LogP contribution in [0.25, 0.3) is 11.3 Å². The van der Waals surface area contributed by atoms with E-state index in [9.17, 15) is 18.3 Å². The lowest BCUT2D eigenvalue weighted by Crippen LogP contribution is -2.47. The van der Waals surface area contributed by atoms with Gasteiger partial charge in [-0.05, 0) is 62.6 Å². The number of methoxy groups -OCH3 is 1. The Balaban J connectivity index is 1.80. The van der Waals surface area contributed by atoms with Crippen molar-refractivity contribution in [3.05, 3.63) is 34.5 Å². The first kappa shape index (κ1) is 27.5. The largest absolute Gasteiger partial charge is 0.496 e. The van der Waals surface area contributed by atoms with Crippen LogP contribution in [0.4, 0.5) is 0 Å². The molecule has 0 spiro atoms. The summed E-state index contributed by atoms with van der Waals surface area (Å²) < 4.78 is 30.9. The molecule has 2 aromatic rings. The third-order valence-electron chi connectivity index (χ3n) is 6.62. The number of halogens is 1. The number of rotatable bonds is 9. The van der Waals surface area contributed by atoms with Crippen LogP contribution < -0.4 is 10.1 Å². The second kappa shape index (κ2) is 10.9. The van der Waals surface area contributed by atoms with Crippen molar-refractivity contribution in [2.75, 3.05) is 19.9 Å². The number of benzene rings is 1. The maximum Gasteiger partial charge on any atom is 0.273 e. The van der Waals surface area contributed by atoms with Crippen LogP contribution in [0.5, 0.6) is 5.75 Å². The highest BCUT2D eigenvalue weighted by atomic mass is 35.5. The highest BCUT2D eigenvalue weighted by Gasteiger charge is 2.37. The number of aliphatic hydroxyl groups is 1. The summed E-state index contributed by atoms with van der Waals surface area (Å²) in [5.74, 6) is 0.669. The molecule has 1 amide bonds. The molecule has 1 aromatic carbocycles. The molecule has 1 aliphatic carbocycles. The number of amides is 1.